The first-order chi connectivity index (χ1) is 10.3. The van der Waals surface area contributed by atoms with E-state index in [1.807, 2.05) is 69.6 Å². The SMILES string of the molecule is C[C@@H](Sc1nnc(-c2ccccc2)n1C)C(=O)NC(C)(C)C. The van der Waals surface area contributed by atoms with Gasteiger partial charge in [-0.25, -0.2) is 0 Å². The summed E-state index contributed by atoms with van der Waals surface area (Å²) in [7, 11) is 1.92. The van der Waals surface area contributed by atoms with Gasteiger partial charge in [-0.15, -0.1) is 10.2 Å². The second-order valence-corrected chi connectivity index (χ2v) is 7.54. The van der Waals surface area contributed by atoms with E-state index in [-0.39, 0.29) is 16.7 Å². The highest BCUT2D eigenvalue weighted by Gasteiger charge is 2.22. The van der Waals surface area contributed by atoms with E-state index < -0.39 is 0 Å². The molecule has 0 bridgehead atoms. The topological polar surface area (TPSA) is 59.8 Å². The lowest BCUT2D eigenvalue weighted by molar-refractivity contribution is -0.121. The number of amides is 1. The fraction of sp³-hybridized carbons (Fsp3) is 0.438. The molecule has 0 fully saturated rings. The van der Waals surface area contributed by atoms with Gasteiger partial charge in [-0.3, -0.25) is 4.79 Å². The normalized spacial score (nSPS) is 13.0. The molecule has 0 unspecified atom stereocenters. The molecule has 1 amide bonds. The average Bonchev–Trinajstić information content (AvgIpc) is 2.79. The summed E-state index contributed by atoms with van der Waals surface area (Å²) >= 11 is 1.41. The van der Waals surface area contributed by atoms with Crippen molar-refractivity contribution in [3.8, 4) is 11.4 Å². The zero-order valence-corrected chi connectivity index (χ0v) is 14.4. The molecule has 22 heavy (non-hydrogen) atoms. The molecule has 5 nitrogen and oxygen atoms in total. The summed E-state index contributed by atoms with van der Waals surface area (Å²) in [6, 6.07) is 9.89. The maximum atomic E-state index is 12.2. The summed E-state index contributed by atoms with van der Waals surface area (Å²) in [5, 5.41) is 11.9. The maximum absolute atomic E-state index is 12.2. The first-order valence-corrected chi connectivity index (χ1v) is 8.09. The van der Waals surface area contributed by atoms with Crippen LogP contribution in [0.5, 0.6) is 0 Å². The molecule has 118 valence electrons. The highest BCUT2D eigenvalue weighted by molar-refractivity contribution is 8.00. The van der Waals surface area contributed by atoms with E-state index in [9.17, 15) is 4.79 Å². The second kappa shape index (κ2) is 6.52. The number of rotatable bonds is 4. The fourth-order valence-corrected chi connectivity index (χ4v) is 2.75. The smallest absolute Gasteiger partial charge is 0.233 e. The molecular formula is C16H22N4OS. The third-order valence-electron chi connectivity index (χ3n) is 3.02. The van der Waals surface area contributed by atoms with Gasteiger partial charge in [-0.1, -0.05) is 42.1 Å². The third kappa shape index (κ3) is 4.10. The van der Waals surface area contributed by atoms with Crippen LogP contribution in [0.25, 0.3) is 11.4 Å². The van der Waals surface area contributed by atoms with Crippen LogP contribution in [0.1, 0.15) is 27.7 Å². The Morgan fingerprint density at radius 2 is 1.86 bits per heavy atom. The average molecular weight is 318 g/mol. The van der Waals surface area contributed by atoms with Gasteiger partial charge < -0.3 is 9.88 Å². The van der Waals surface area contributed by atoms with E-state index in [1.54, 1.807) is 0 Å². The van der Waals surface area contributed by atoms with Crippen LogP contribution in [-0.2, 0) is 11.8 Å². The molecule has 0 saturated heterocycles. The molecule has 0 radical (unpaired) electrons. The van der Waals surface area contributed by atoms with E-state index >= 15 is 0 Å². The summed E-state index contributed by atoms with van der Waals surface area (Å²) < 4.78 is 1.92. The Labute approximate surface area is 135 Å². The quantitative estimate of drug-likeness (QED) is 0.881. The third-order valence-corrected chi connectivity index (χ3v) is 4.15. The van der Waals surface area contributed by atoms with E-state index in [2.05, 4.69) is 15.5 Å². The molecular weight excluding hydrogens is 296 g/mol. The molecule has 1 aromatic carbocycles. The van der Waals surface area contributed by atoms with Gasteiger partial charge in [0.2, 0.25) is 5.91 Å². The van der Waals surface area contributed by atoms with Gasteiger partial charge in [0.05, 0.1) is 5.25 Å². The van der Waals surface area contributed by atoms with Gasteiger partial charge in [0.25, 0.3) is 0 Å². The van der Waals surface area contributed by atoms with Gasteiger partial charge in [0.1, 0.15) is 0 Å². The summed E-state index contributed by atoms with van der Waals surface area (Å²) in [6.07, 6.45) is 0. The molecule has 0 aliphatic heterocycles. The van der Waals surface area contributed by atoms with Crippen LogP contribution in [0.3, 0.4) is 0 Å². The van der Waals surface area contributed by atoms with Crippen molar-refractivity contribution >= 4 is 17.7 Å². The Morgan fingerprint density at radius 3 is 2.45 bits per heavy atom. The number of hydrogen-bond acceptors (Lipinski definition) is 4. The van der Waals surface area contributed by atoms with Gasteiger partial charge in [-0.2, -0.15) is 0 Å². The minimum Gasteiger partial charge on any atom is -0.351 e. The number of nitrogens with zero attached hydrogens (tertiary/aromatic N) is 3. The largest absolute Gasteiger partial charge is 0.351 e. The van der Waals surface area contributed by atoms with Crippen molar-refractivity contribution in [2.45, 2.75) is 43.6 Å². The Balaban J connectivity index is 2.12. The summed E-state index contributed by atoms with van der Waals surface area (Å²) in [6.45, 7) is 7.79. The first-order valence-electron chi connectivity index (χ1n) is 7.21. The van der Waals surface area contributed by atoms with Crippen molar-refractivity contribution in [3.05, 3.63) is 30.3 Å². The lowest BCUT2D eigenvalue weighted by Gasteiger charge is -2.22. The summed E-state index contributed by atoms with van der Waals surface area (Å²) in [5.74, 6) is 0.799. The zero-order valence-electron chi connectivity index (χ0n) is 13.6. The lowest BCUT2D eigenvalue weighted by Crippen LogP contribution is -2.44. The molecule has 1 heterocycles. The maximum Gasteiger partial charge on any atom is 0.233 e. The van der Waals surface area contributed by atoms with E-state index in [1.165, 1.54) is 11.8 Å². The molecule has 0 aliphatic rings. The zero-order chi connectivity index (χ0) is 16.3. The van der Waals surface area contributed by atoms with Crippen LogP contribution in [0, 0.1) is 0 Å². The number of hydrogen-bond donors (Lipinski definition) is 1. The number of nitrogens with one attached hydrogen (secondary N) is 1. The Kier molecular flexibility index (Phi) is 4.90. The molecule has 1 N–H and O–H groups in total. The van der Waals surface area contributed by atoms with Gasteiger partial charge in [0.15, 0.2) is 11.0 Å². The second-order valence-electron chi connectivity index (χ2n) is 6.23. The Bertz CT molecular complexity index is 646. The van der Waals surface area contributed by atoms with Crippen LogP contribution >= 0.6 is 11.8 Å². The van der Waals surface area contributed by atoms with Crippen molar-refractivity contribution in [1.82, 2.24) is 20.1 Å². The van der Waals surface area contributed by atoms with Crippen molar-refractivity contribution in [2.75, 3.05) is 0 Å². The molecule has 2 rings (SSSR count). The van der Waals surface area contributed by atoms with Crippen molar-refractivity contribution in [3.63, 3.8) is 0 Å². The van der Waals surface area contributed by atoms with Crippen molar-refractivity contribution in [1.29, 1.82) is 0 Å². The monoisotopic (exact) mass is 318 g/mol. The highest BCUT2D eigenvalue weighted by Crippen LogP contribution is 2.25. The number of carbonyl (C=O) groups is 1. The number of thioether (sulfide) groups is 1. The molecule has 0 saturated carbocycles. The highest BCUT2D eigenvalue weighted by atomic mass is 32.2. The van der Waals surface area contributed by atoms with Gasteiger partial charge in [-0.05, 0) is 27.7 Å². The summed E-state index contributed by atoms with van der Waals surface area (Å²) in [5.41, 5.74) is 0.775. The molecule has 6 heteroatoms. The predicted molar refractivity (Wildman–Crippen MR) is 89.7 cm³/mol. The molecule has 1 aromatic heterocycles. The molecule has 0 spiro atoms. The summed E-state index contributed by atoms with van der Waals surface area (Å²) in [4.78, 5) is 12.2. The molecule has 2 aromatic rings. The van der Waals surface area contributed by atoms with Crippen molar-refractivity contribution < 1.29 is 4.79 Å². The first kappa shape index (κ1) is 16.5. The standard InChI is InChI=1S/C16H22N4OS/c1-11(14(21)17-16(2,3)4)22-15-19-18-13(20(15)5)12-9-7-6-8-10-12/h6-11H,1-5H3,(H,17,21)/t11-/m1/s1. The van der Waals surface area contributed by atoms with Crippen LogP contribution in [0.4, 0.5) is 0 Å². The number of benzene rings is 1. The molecule has 1 atom stereocenters. The molecule has 0 aliphatic carbocycles. The van der Waals surface area contributed by atoms with Crippen molar-refractivity contribution in [2.24, 2.45) is 7.05 Å². The van der Waals surface area contributed by atoms with Gasteiger partial charge in [0, 0.05) is 18.2 Å². The minimum atomic E-state index is -0.235. The van der Waals surface area contributed by atoms with Gasteiger partial charge >= 0.3 is 0 Å². The van der Waals surface area contributed by atoms with Crippen LogP contribution in [0.15, 0.2) is 35.5 Å². The van der Waals surface area contributed by atoms with E-state index in [0.29, 0.717) is 0 Å². The Hall–Kier alpha value is -1.82. The minimum absolute atomic E-state index is 0.00163. The van der Waals surface area contributed by atoms with E-state index in [0.717, 1.165) is 16.5 Å². The fourth-order valence-electron chi connectivity index (χ4n) is 1.94. The number of aromatic nitrogens is 3. The van der Waals surface area contributed by atoms with Crippen LogP contribution in [0.2, 0.25) is 0 Å². The Morgan fingerprint density at radius 1 is 1.23 bits per heavy atom. The van der Waals surface area contributed by atoms with E-state index in [4.69, 9.17) is 0 Å². The predicted octanol–water partition coefficient (Wildman–Crippen LogP) is 2.88. The number of carbonyl (C=O) groups excluding carboxylic acids is 1. The lowest BCUT2D eigenvalue weighted by atomic mass is 10.1. The van der Waals surface area contributed by atoms with Crippen LogP contribution < -0.4 is 5.32 Å². The van der Waals surface area contributed by atoms with Crippen LogP contribution in [-0.4, -0.2) is 31.5 Å².